The molecule has 26 heavy (non-hydrogen) atoms. The predicted octanol–water partition coefficient (Wildman–Crippen LogP) is 6.90. The van der Waals surface area contributed by atoms with Gasteiger partial charge >= 0.3 is 0 Å². The van der Waals surface area contributed by atoms with Gasteiger partial charge in [-0.3, -0.25) is 0 Å². The average molecular weight is 332 g/mol. The Hall–Kier alpha value is -3.12. The van der Waals surface area contributed by atoms with Crippen LogP contribution in [0.1, 0.15) is 16.7 Å². The van der Waals surface area contributed by atoms with E-state index in [-0.39, 0.29) is 0 Å². The topological polar surface area (TPSA) is 0 Å². The van der Waals surface area contributed by atoms with Crippen LogP contribution in [0, 0.1) is 6.92 Å². The van der Waals surface area contributed by atoms with E-state index in [4.69, 9.17) is 0 Å². The van der Waals surface area contributed by atoms with Gasteiger partial charge in [-0.2, -0.15) is 0 Å². The molecule has 0 bridgehead atoms. The standard InChI is InChI=1S/C26H20/c1-18-7-5-11-23-24-12-6-10-22(26(24)17-25(18)23)21-15-13-20(14-16-21)19-8-3-2-4-9-19/h2-16H,17H2,1H3. The molecule has 1 aliphatic rings. The van der Waals surface area contributed by atoms with Crippen LogP contribution in [-0.2, 0) is 6.42 Å². The molecule has 0 amide bonds. The van der Waals surface area contributed by atoms with Crippen molar-refractivity contribution in [2.75, 3.05) is 0 Å². The summed E-state index contributed by atoms with van der Waals surface area (Å²) in [6.45, 7) is 2.22. The van der Waals surface area contributed by atoms with Crippen LogP contribution in [0.4, 0.5) is 0 Å². The molecule has 0 N–H and O–H groups in total. The molecule has 0 spiro atoms. The van der Waals surface area contributed by atoms with Gasteiger partial charge in [-0.1, -0.05) is 91.0 Å². The highest BCUT2D eigenvalue weighted by Crippen LogP contribution is 2.42. The molecule has 0 aromatic heterocycles. The van der Waals surface area contributed by atoms with Gasteiger partial charge in [0.15, 0.2) is 0 Å². The maximum atomic E-state index is 2.27. The van der Waals surface area contributed by atoms with Crippen LogP contribution in [-0.4, -0.2) is 0 Å². The normalized spacial score (nSPS) is 11.9. The maximum Gasteiger partial charge on any atom is -0.000466 e. The van der Waals surface area contributed by atoms with E-state index >= 15 is 0 Å². The Morgan fingerprint density at radius 1 is 0.462 bits per heavy atom. The quantitative estimate of drug-likeness (QED) is 0.330. The summed E-state index contributed by atoms with van der Waals surface area (Å²) >= 11 is 0. The molecule has 4 aromatic rings. The Labute approximate surface area is 154 Å². The van der Waals surface area contributed by atoms with Crippen molar-refractivity contribution in [2.24, 2.45) is 0 Å². The Bertz CT molecular complexity index is 1090. The number of fused-ring (bicyclic) bond motifs is 3. The molecular formula is C26H20. The molecule has 0 radical (unpaired) electrons. The minimum atomic E-state index is 1.04. The second-order valence-corrected chi connectivity index (χ2v) is 7.05. The van der Waals surface area contributed by atoms with E-state index in [2.05, 4.69) is 97.9 Å². The summed E-state index contributed by atoms with van der Waals surface area (Å²) in [7, 11) is 0. The molecule has 0 heterocycles. The summed E-state index contributed by atoms with van der Waals surface area (Å²) in [6.07, 6.45) is 1.04. The lowest BCUT2D eigenvalue weighted by Gasteiger charge is -2.10. The van der Waals surface area contributed by atoms with Crippen LogP contribution in [0.25, 0.3) is 33.4 Å². The van der Waals surface area contributed by atoms with E-state index in [1.165, 1.54) is 50.1 Å². The molecule has 0 atom stereocenters. The molecule has 0 unspecified atom stereocenters. The highest BCUT2D eigenvalue weighted by molar-refractivity contribution is 5.85. The second kappa shape index (κ2) is 6.00. The first-order valence-corrected chi connectivity index (χ1v) is 9.18. The van der Waals surface area contributed by atoms with Crippen LogP contribution in [0.5, 0.6) is 0 Å². The molecule has 0 saturated heterocycles. The smallest absolute Gasteiger partial charge is 0.000466 e. The molecule has 4 aromatic carbocycles. The third-order valence-corrected chi connectivity index (χ3v) is 5.53. The van der Waals surface area contributed by atoms with Crippen LogP contribution in [0.2, 0.25) is 0 Å². The predicted molar refractivity (Wildman–Crippen MR) is 110 cm³/mol. The van der Waals surface area contributed by atoms with E-state index in [0.717, 1.165) is 6.42 Å². The van der Waals surface area contributed by atoms with E-state index < -0.39 is 0 Å². The largest absolute Gasteiger partial charge is 0.0622 e. The zero-order valence-electron chi connectivity index (χ0n) is 14.9. The third-order valence-electron chi connectivity index (χ3n) is 5.53. The molecular weight excluding hydrogens is 312 g/mol. The molecule has 1 aliphatic carbocycles. The van der Waals surface area contributed by atoms with Gasteiger partial charge in [0.1, 0.15) is 0 Å². The summed E-state index contributed by atoms with van der Waals surface area (Å²) in [4.78, 5) is 0. The van der Waals surface area contributed by atoms with Crippen molar-refractivity contribution in [1.29, 1.82) is 0 Å². The Kier molecular flexibility index (Phi) is 3.50. The monoisotopic (exact) mass is 332 g/mol. The second-order valence-electron chi connectivity index (χ2n) is 7.05. The third kappa shape index (κ3) is 2.38. The minimum Gasteiger partial charge on any atom is -0.0622 e. The van der Waals surface area contributed by atoms with E-state index in [1.807, 2.05) is 0 Å². The Morgan fingerprint density at radius 3 is 1.81 bits per heavy atom. The lowest BCUT2D eigenvalue weighted by molar-refractivity contribution is 1.22. The van der Waals surface area contributed by atoms with Gasteiger partial charge in [0.25, 0.3) is 0 Å². The van der Waals surface area contributed by atoms with Gasteiger partial charge in [0.05, 0.1) is 0 Å². The first kappa shape index (κ1) is 15.2. The first-order valence-electron chi connectivity index (χ1n) is 9.18. The fourth-order valence-electron chi connectivity index (χ4n) is 4.14. The fourth-order valence-corrected chi connectivity index (χ4v) is 4.14. The number of hydrogen-bond donors (Lipinski definition) is 0. The SMILES string of the molecule is Cc1cccc2c1Cc1c(-c3ccc(-c4ccccc4)cc3)cccc1-2. The van der Waals surface area contributed by atoms with Crippen molar-refractivity contribution in [3.05, 3.63) is 108 Å². The van der Waals surface area contributed by atoms with Crippen molar-refractivity contribution < 1.29 is 0 Å². The van der Waals surface area contributed by atoms with E-state index in [0.29, 0.717) is 0 Å². The fraction of sp³-hybridized carbons (Fsp3) is 0.0769. The molecule has 0 heteroatoms. The first-order chi connectivity index (χ1) is 12.8. The Balaban J connectivity index is 1.58. The van der Waals surface area contributed by atoms with E-state index in [9.17, 15) is 0 Å². The van der Waals surface area contributed by atoms with Crippen LogP contribution in [0.3, 0.4) is 0 Å². The summed E-state index contributed by atoms with van der Waals surface area (Å²) in [6, 6.07) is 32.9. The number of rotatable bonds is 2. The van der Waals surface area contributed by atoms with Gasteiger partial charge in [-0.15, -0.1) is 0 Å². The molecule has 0 aliphatic heterocycles. The number of aryl methyl sites for hydroxylation is 1. The summed E-state index contributed by atoms with van der Waals surface area (Å²) in [5.41, 5.74) is 12.3. The highest BCUT2D eigenvalue weighted by atomic mass is 14.3. The minimum absolute atomic E-state index is 1.04. The summed E-state index contributed by atoms with van der Waals surface area (Å²) in [5, 5.41) is 0. The molecule has 0 saturated carbocycles. The van der Waals surface area contributed by atoms with Crippen molar-refractivity contribution in [3.8, 4) is 33.4 Å². The van der Waals surface area contributed by atoms with Crippen molar-refractivity contribution in [1.82, 2.24) is 0 Å². The summed E-state index contributed by atoms with van der Waals surface area (Å²) in [5.74, 6) is 0. The van der Waals surface area contributed by atoms with Crippen LogP contribution in [0.15, 0.2) is 91.0 Å². The lowest BCUT2D eigenvalue weighted by Crippen LogP contribution is -1.89. The number of benzene rings is 4. The van der Waals surface area contributed by atoms with Gasteiger partial charge in [-0.05, 0) is 63.4 Å². The maximum absolute atomic E-state index is 2.27. The van der Waals surface area contributed by atoms with Gasteiger partial charge < -0.3 is 0 Å². The van der Waals surface area contributed by atoms with Gasteiger partial charge in [0, 0.05) is 0 Å². The van der Waals surface area contributed by atoms with Crippen molar-refractivity contribution in [2.45, 2.75) is 13.3 Å². The molecule has 0 fully saturated rings. The molecule has 5 rings (SSSR count). The van der Waals surface area contributed by atoms with Gasteiger partial charge in [0.2, 0.25) is 0 Å². The van der Waals surface area contributed by atoms with Crippen LogP contribution >= 0.6 is 0 Å². The zero-order valence-corrected chi connectivity index (χ0v) is 14.9. The van der Waals surface area contributed by atoms with Gasteiger partial charge in [-0.25, -0.2) is 0 Å². The zero-order chi connectivity index (χ0) is 17.5. The highest BCUT2D eigenvalue weighted by Gasteiger charge is 2.22. The lowest BCUT2D eigenvalue weighted by atomic mass is 9.94. The Morgan fingerprint density at radius 2 is 1.04 bits per heavy atom. The summed E-state index contributed by atoms with van der Waals surface area (Å²) < 4.78 is 0. The molecule has 0 nitrogen and oxygen atoms in total. The van der Waals surface area contributed by atoms with Crippen LogP contribution < -0.4 is 0 Å². The van der Waals surface area contributed by atoms with Crippen molar-refractivity contribution >= 4 is 0 Å². The van der Waals surface area contributed by atoms with E-state index in [1.54, 1.807) is 0 Å². The molecule has 124 valence electrons. The average Bonchev–Trinajstić information content (AvgIpc) is 3.09. The number of hydrogen-bond acceptors (Lipinski definition) is 0. The van der Waals surface area contributed by atoms with Crippen molar-refractivity contribution in [3.63, 3.8) is 0 Å².